The average molecular weight is 408 g/mol. The molecule has 0 unspecified atom stereocenters. The lowest BCUT2D eigenvalue weighted by atomic mass is 9.76. The number of hydrogen-bond donors (Lipinski definition) is 1. The van der Waals surface area contributed by atoms with Gasteiger partial charge < -0.3 is 9.73 Å². The van der Waals surface area contributed by atoms with Crippen LogP contribution in [0.1, 0.15) is 29.9 Å². The fourth-order valence-corrected chi connectivity index (χ4v) is 4.35. The SMILES string of the molecule is O=C1N[C@]2(CCCc3ccccc32)C(=O)N1Cc1ncc(-c2ccc(Cl)cc2)o1. The Morgan fingerprint density at radius 2 is 1.93 bits per heavy atom. The molecule has 1 saturated heterocycles. The van der Waals surface area contributed by atoms with E-state index in [0.717, 1.165) is 29.5 Å². The zero-order chi connectivity index (χ0) is 20.0. The summed E-state index contributed by atoms with van der Waals surface area (Å²) in [6, 6.07) is 14.6. The fourth-order valence-electron chi connectivity index (χ4n) is 4.22. The number of halogens is 1. The largest absolute Gasteiger partial charge is 0.439 e. The van der Waals surface area contributed by atoms with Crippen LogP contribution in [0.25, 0.3) is 11.3 Å². The Hall–Kier alpha value is -3.12. The van der Waals surface area contributed by atoms with Gasteiger partial charge in [-0.1, -0.05) is 35.9 Å². The summed E-state index contributed by atoms with van der Waals surface area (Å²) in [6.07, 6.45) is 3.93. The number of amides is 3. The highest BCUT2D eigenvalue weighted by Crippen LogP contribution is 2.40. The number of aromatic nitrogens is 1. The third-order valence-electron chi connectivity index (χ3n) is 5.63. The predicted octanol–water partition coefficient (Wildman–Crippen LogP) is 4.28. The standard InChI is InChI=1S/C22H18ClN3O3/c23-16-9-7-15(8-10-16)18-12-24-19(29-18)13-26-20(27)22(25-21(26)28)11-3-5-14-4-1-2-6-17(14)22/h1-2,4,6-10,12H,3,5,11,13H2,(H,25,28)/t22-/m0/s1. The molecule has 2 heterocycles. The summed E-state index contributed by atoms with van der Waals surface area (Å²) in [6.45, 7) is -0.0117. The monoisotopic (exact) mass is 407 g/mol. The van der Waals surface area contributed by atoms with Crippen LogP contribution in [0.2, 0.25) is 5.02 Å². The molecule has 1 fully saturated rings. The molecule has 5 rings (SSSR count). The van der Waals surface area contributed by atoms with Crippen molar-refractivity contribution in [2.75, 3.05) is 0 Å². The van der Waals surface area contributed by atoms with Gasteiger partial charge in [0.1, 0.15) is 12.1 Å². The van der Waals surface area contributed by atoms with Gasteiger partial charge in [0.2, 0.25) is 5.89 Å². The number of aryl methyl sites for hydroxylation is 1. The molecular weight excluding hydrogens is 390 g/mol. The first kappa shape index (κ1) is 17.9. The molecule has 1 spiro atoms. The van der Waals surface area contributed by atoms with Crippen molar-refractivity contribution in [1.82, 2.24) is 15.2 Å². The minimum absolute atomic E-state index is 0.0117. The van der Waals surface area contributed by atoms with E-state index in [0.29, 0.717) is 23.1 Å². The summed E-state index contributed by atoms with van der Waals surface area (Å²) in [7, 11) is 0. The Morgan fingerprint density at radius 1 is 1.14 bits per heavy atom. The van der Waals surface area contributed by atoms with E-state index < -0.39 is 11.6 Å². The van der Waals surface area contributed by atoms with E-state index in [9.17, 15) is 9.59 Å². The van der Waals surface area contributed by atoms with E-state index in [1.165, 1.54) is 4.90 Å². The van der Waals surface area contributed by atoms with Crippen LogP contribution in [-0.2, 0) is 23.3 Å². The van der Waals surface area contributed by atoms with Gasteiger partial charge in [-0.15, -0.1) is 0 Å². The normalized spacial score (nSPS) is 20.8. The first-order valence-corrected chi connectivity index (χ1v) is 9.88. The van der Waals surface area contributed by atoms with Crippen molar-refractivity contribution in [1.29, 1.82) is 0 Å². The molecule has 1 atom stereocenters. The van der Waals surface area contributed by atoms with Gasteiger partial charge in [-0.3, -0.25) is 9.69 Å². The van der Waals surface area contributed by atoms with Crippen molar-refractivity contribution >= 4 is 23.5 Å². The van der Waals surface area contributed by atoms with Crippen LogP contribution in [0.3, 0.4) is 0 Å². The molecule has 2 aromatic carbocycles. The number of urea groups is 1. The Morgan fingerprint density at radius 3 is 2.76 bits per heavy atom. The molecule has 0 saturated carbocycles. The third-order valence-corrected chi connectivity index (χ3v) is 5.88. The van der Waals surface area contributed by atoms with E-state index in [1.54, 1.807) is 18.3 Å². The van der Waals surface area contributed by atoms with E-state index in [1.807, 2.05) is 36.4 Å². The maximum Gasteiger partial charge on any atom is 0.325 e. The minimum atomic E-state index is -0.989. The molecule has 1 aromatic heterocycles. The Balaban J connectivity index is 1.42. The van der Waals surface area contributed by atoms with Crippen molar-refractivity contribution in [2.24, 2.45) is 0 Å². The number of carbonyl (C=O) groups is 2. The molecule has 0 radical (unpaired) electrons. The van der Waals surface area contributed by atoms with Crippen molar-refractivity contribution in [3.8, 4) is 11.3 Å². The molecule has 0 bridgehead atoms. The fraction of sp³-hybridized carbons (Fsp3) is 0.227. The second kappa shape index (κ2) is 6.74. The van der Waals surface area contributed by atoms with Gasteiger partial charge in [-0.05, 0) is 54.7 Å². The number of oxazole rings is 1. The van der Waals surface area contributed by atoms with E-state index in [-0.39, 0.29) is 12.5 Å². The zero-order valence-corrected chi connectivity index (χ0v) is 16.3. The van der Waals surface area contributed by atoms with Crippen LogP contribution >= 0.6 is 11.6 Å². The van der Waals surface area contributed by atoms with Crippen LogP contribution in [-0.4, -0.2) is 21.8 Å². The number of imide groups is 1. The van der Waals surface area contributed by atoms with Crippen LogP contribution < -0.4 is 5.32 Å². The number of carbonyl (C=O) groups excluding carboxylic acids is 2. The van der Waals surface area contributed by atoms with Crippen molar-refractivity contribution < 1.29 is 14.0 Å². The molecule has 1 aliphatic heterocycles. The summed E-state index contributed by atoms with van der Waals surface area (Å²) < 4.78 is 5.79. The molecule has 29 heavy (non-hydrogen) atoms. The smallest absolute Gasteiger partial charge is 0.325 e. The van der Waals surface area contributed by atoms with Gasteiger partial charge in [0, 0.05) is 10.6 Å². The summed E-state index contributed by atoms with van der Waals surface area (Å²) in [4.78, 5) is 31.5. The highest BCUT2D eigenvalue weighted by Gasteiger charge is 2.54. The van der Waals surface area contributed by atoms with Gasteiger partial charge in [-0.2, -0.15) is 0 Å². The molecule has 3 amide bonds. The number of hydrogen-bond acceptors (Lipinski definition) is 4. The van der Waals surface area contributed by atoms with Crippen molar-refractivity contribution in [2.45, 2.75) is 31.3 Å². The third kappa shape index (κ3) is 2.91. The number of nitrogens with one attached hydrogen (secondary N) is 1. The average Bonchev–Trinajstić information content (AvgIpc) is 3.29. The first-order valence-electron chi connectivity index (χ1n) is 9.50. The Kier molecular flexibility index (Phi) is 4.17. The minimum Gasteiger partial charge on any atom is -0.439 e. The van der Waals surface area contributed by atoms with Gasteiger partial charge in [0.05, 0.1) is 6.20 Å². The number of nitrogens with zero attached hydrogens (tertiary/aromatic N) is 2. The Bertz CT molecular complexity index is 1110. The predicted molar refractivity (Wildman–Crippen MR) is 107 cm³/mol. The molecule has 2 aliphatic rings. The molecule has 6 nitrogen and oxygen atoms in total. The summed E-state index contributed by atoms with van der Waals surface area (Å²) in [5, 5.41) is 3.57. The first-order chi connectivity index (χ1) is 14.1. The Labute approximate surface area is 172 Å². The summed E-state index contributed by atoms with van der Waals surface area (Å²) >= 11 is 5.92. The second-order valence-electron chi connectivity index (χ2n) is 7.36. The maximum atomic E-state index is 13.3. The van der Waals surface area contributed by atoms with E-state index in [4.69, 9.17) is 16.0 Å². The highest BCUT2D eigenvalue weighted by molar-refractivity contribution is 6.30. The lowest BCUT2D eigenvalue weighted by molar-refractivity contribution is -0.132. The van der Waals surface area contributed by atoms with Gasteiger partial charge in [0.25, 0.3) is 5.91 Å². The lowest BCUT2D eigenvalue weighted by Gasteiger charge is -2.33. The lowest BCUT2D eigenvalue weighted by Crippen LogP contribution is -2.46. The van der Waals surface area contributed by atoms with Crippen LogP contribution in [0.5, 0.6) is 0 Å². The highest BCUT2D eigenvalue weighted by atomic mass is 35.5. The molecule has 3 aromatic rings. The second-order valence-corrected chi connectivity index (χ2v) is 7.80. The van der Waals surface area contributed by atoms with E-state index in [2.05, 4.69) is 10.3 Å². The van der Waals surface area contributed by atoms with Crippen molar-refractivity contribution in [3.63, 3.8) is 0 Å². The van der Waals surface area contributed by atoms with E-state index >= 15 is 0 Å². The van der Waals surface area contributed by atoms with Gasteiger partial charge in [0.15, 0.2) is 5.76 Å². The molecule has 1 aliphatic carbocycles. The van der Waals surface area contributed by atoms with Crippen LogP contribution in [0.4, 0.5) is 4.79 Å². The molecule has 146 valence electrons. The summed E-state index contributed by atoms with van der Waals surface area (Å²) in [5.41, 5.74) is 1.83. The number of benzene rings is 2. The van der Waals surface area contributed by atoms with Crippen molar-refractivity contribution in [3.05, 3.63) is 76.8 Å². The van der Waals surface area contributed by atoms with Gasteiger partial charge in [-0.25, -0.2) is 9.78 Å². The maximum absolute atomic E-state index is 13.3. The van der Waals surface area contributed by atoms with Crippen LogP contribution in [0.15, 0.2) is 59.1 Å². The van der Waals surface area contributed by atoms with Gasteiger partial charge >= 0.3 is 6.03 Å². The topological polar surface area (TPSA) is 75.4 Å². The van der Waals surface area contributed by atoms with Crippen LogP contribution in [0, 0.1) is 0 Å². The number of fused-ring (bicyclic) bond motifs is 2. The molecule has 7 heteroatoms. The number of rotatable bonds is 3. The molecular formula is C22H18ClN3O3. The quantitative estimate of drug-likeness (QED) is 0.657. The zero-order valence-electron chi connectivity index (χ0n) is 15.5. The molecule has 1 N–H and O–H groups in total. The summed E-state index contributed by atoms with van der Waals surface area (Å²) in [5.74, 6) is 0.613.